The second-order valence-electron chi connectivity index (χ2n) is 8.55. The largest absolute Gasteiger partial charge is 0.493 e. The molecule has 0 unspecified atom stereocenters. The van der Waals surface area contributed by atoms with E-state index in [1.54, 1.807) is 18.3 Å². The van der Waals surface area contributed by atoms with Crippen molar-refractivity contribution in [3.05, 3.63) is 82.1 Å². The molecule has 2 aromatic carbocycles. The molecule has 0 spiro atoms. The highest BCUT2D eigenvalue weighted by Crippen LogP contribution is 2.25. The zero-order valence-electron chi connectivity index (χ0n) is 21.1. The van der Waals surface area contributed by atoms with Crippen LogP contribution < -0.4 is 14.8 Å². The van der Waals surface area contributed by atoms with E-state index in [1.165, 1.54) is 0 Å². The summed E-state index contributed by atoms with van der Waals surface area (Å²) in [5, 5.41) is 12.2. The highest BCUT2D eigenvalue weighted by Gasteiger charge is 2.15. The number of para-hydroxylation sites is 1. The first-order valence-corrected chi connectivity index (χ1v) is 12.1. The van der Waals surface area contributed by atoms with Gasteiger partial charge < -0.3 is 19.9 Å². The number of rotatable bonds is 9. The number of amides is 1. The molecule has 1 aromatic heterocycles. The molecule has 3 rings (SSSR count). The fourth-order valence-electron chi connectivity index (χ4n) is 2.96. The molecule has 2 N–H and O–H groups in total. The number of ether oxygens (including phenoxy) is 2. The van der Waals surface area contributed by atoms with E-state index in [9.17, 15) is 4.79 Å². The van der Waals surface area contributed by atoms with Crippen LogP contribution in [0.3, 0.4) is 0 Å². The van der Waals surface area contributed by atoms with Gasteiger partial charge in [0.1, 0.15) is 11.5 Å². The first kappa shape index (κ1) is 28.1. The fourth-order valence-corrected chi connectivity index (χ4v) is 3.14. The fraction of sp³-hybridized carbons (Fsp3) is 0.357. The summed E-state index contributed by atoms with van der Waals surface area (Å²) in [6.07, 6.45) is 2.51. The van der Waals surface area contributed by atoms with Gasteiger partial charge in [-0.2, -0.15) is 0 Å². The van der Waals surface area contributed by atoms with Gasteiger partial charge in [-0.1, -0.05) is 44.5 Å². The minimum atomic E-state index is -0.175. The summed E-state index contributed by atoms with van der Waals surface area (Å²) in [4.78, 5) is 16.6. The van der Waals surface area contributed by atoms with Crippen LogP contribution in [0.15, 0.2) is 54.7 Å². The van der Waals surface area contributed by atoms with Crippen molar-refractivity contribution in [2.24, 2.45) is 5.92 Å². The number of anilines is 1. The number of benzene rings is 2. The number of carbonyl (C=O) groups is 1. The van der Waals surface area contributed by atoms with E-state index in [-0.39, 0.29) is 12.5 Å². The first-order valence-electron chi connectivity index (χ1n) is 11.7. The Kier molecular flexibility index (Phi) is 11.5. The van der Waals surface area contributed by atoms with Gasteiger partial charge in [0.25, 0.3) is 5.91 Å². The van der Waals surface area contributed by atoms with Crippen LogP contribution in [0.1, 0.15) is 54.4 Å². The SMILES string of the molecule is CCCOc1c(C)cccc1C(=O)Nc1ccc(OCC(C)C)cc1.Cc1ncc(CO)cc1Cl. The second kappa shape index (κ2) is 14.3. The molecule has 0 aliphatic carbocycles. The van der Waals surface area contributed by atoms with E-state index in [0.29, 0.717) is 35.5 Å². The van der Waals surface area contributed by atoms with Crippen LogP contribution in [0.25, 0.3) is 0 Å². The van der Waals surface area contributed by atoms with Crippen molar-refractivity contribution in [1.82, 2.24) is 4.98 Å². The quantitative estimate of drug-likeness (QED) is 0.347. The molecule has 0 saturated carbocycles. The standard InChI is InChI=1S/C21H27NO3.C7H8ClNO/c1-5-13-24-20-16(4)7-6-8-19(20)21(23)22-17-9-11-18(12-10-17)25-14-15(2)3;1-5-7(8)2-6(4-10)3-9-5/h6-12,15H,5,13-14H2,1-4H3,(H,22,23);2-3,10H,4H2,1H3. The number of nitrogens with one attached hydrogen (secondary N) is 1. The molecule has 0 atom stereocenters. The second-order valence-corrected chi connectivity index (χ2v) is 8.96. The van der Waals surface area contributed by atoms with Crippen LogP contribution >= 0.6 is 11.6 Å². The molecule has 1 amide bonds. The van der Waals surface area contributed by atoms with Crippen LogP contribution in [0.4, 0.5) is 5.69 Å². The molecular formula is C28H35ClN2O4. The van der Waals surface area contributed by atoms with E-state index < -0.39 is 0 Å². The summed E-state index contributed by atoms with van der Waals surface area (Å²) < 4.78 is 11.4. The summed E-state index contributed by atoms with van der Waals surface area (Å²) in [5.74, 6) is 1.75. The lowest BCUT2D eigenvalue weighted by atomic mass is 10.1. The van der Waals surface area contributed by atoms with Gasteiger partial charge in [-0.05, 0) is 73.7 Å². The molecule has 35 heavy (non-hydrogen) atoms. The normalized spacial score (nSPS) is 10.4. The molecule has 1 heterocycles. The monoisotopic (exact) mass is 498 g/mol. The van der Waals surface area contributed by atoms with Gasteiger partial charge in [0, 0.05) is 11.9 Å². The Labute approximate surface area is 213 Å². The maximum Gasteiger partial charge on any atom is 0.259 e. The van der Waals surface area contributed by atoms with E-state index in [2.05, 4.69) is 24.1 Å². The third-order valence-corrected chi connectivity index (χ3v) is 5.25. The first-order chi connectivity index (χ1) is 16.7. The highest BCUT2D eigenvalue weighted by atomic mass is 35.5. The number of carbonyl (C=O) groups excluding carboxylic acids is 1. The number of nitrogens with zero attached hydrogens (tertiary/aromatic N) is 1. The zero-order chi connectivity index (χ0) is 25.8. The predicted molar refractivity (Wildman–Crippen MR) is 142 cm³/mol. The molecule has 0 radical (unpaired) electrons. The Morgan fingerprint density at radius 1 is 1.11 bits per heavy atom. The summed E-state index contributed by atoms with van der Waals surface area (Å²) in [7, 11) is 0. The van der Waals surface area contributed by atoms with Gasteiger partial charge in [0.15, 0.2) is 0 Å². The van der Waals surface area contributed by atoms with E-state index >= 15 is 0 Å². The van der Waals surface area contributed by atoms with Crippen molar-refractivity contribution >= 4 is 23.2 Å². The van der Waals surface area contributed by atoms with Gasteiger partial charge in [-0.15, -0.1) is 0 Å². The van der Waals surface area contributed by atoms with Gasteiger partial charge in [-0.3, -0.25) is 9.78 Å². The smallest absolute Gasteiger partial charge is 0.259 e. The number of halogens is 1. The number of aliphatic hydroxyl groups is 1. The predicted octanol–water partition coefficient (Wildman–Crippen LogP) is 6.61. The Bertz CT molecular complexity index is 1080. The molecule has 6 nitrogen and oxygen atoms in total. The van der Waals surface area contributed by atoms with E-state index in [4.69, 9.17) is 26.2 Å². The summed E-state index contributed by atoms with van der Waals surface area (Å²) >= 11 is 5.72. The Morgan fingerprint density at radius 2 is 1.83 bits per heavy atom. The average molecular weight is 499 g/mol. The van der Waals surface area contributed by atoms with Gasteiger partial charge >= 0.3 is 0 Å². The molecule has 188 valence electrons. The van der Waals surface area contributed by atoms with Crippen LogP contribution in [0, 0.1) is 19.8 Å². The molecule has 0 fully saturated rings. The molecule has 0 aliphatic heterocycles. The van der Waals surface area contributed by atoms with Gasteiger partial charge in [0.05, 0.1) is 36.1 Å². The van der Waals surface area contributed by atoms with Crippen molar-refractivity contribution in [2.45, 2.75) is 47.6 Å². The minimum Gasteiger partial charge on any atom is -0.493 e. The van der Waals surface area contributed by atoms with Crippen LogP contribution in [0.5, 0.6) is 11.5 Å². The lowest BCUT2D eigenvalue weighted by Gasteiger charge is -2.14. The van der Waals surface area contributed by atoms with E-state index in [1.807, 2.05) is 57.2 Å². The Hall–Kier alpha value is -3.09. The number of pyridine rings is 1. The number of aromatic nitrogens is 1. The van der Waals surface area contributed by atoms with Crippen molar-refractivity contribution < 1.29 is 19.4 Å². The maximum atomic E-state index is 12.6. The number of hydrogen-bond donors (Lipinski definition) is 2. The molecule has 3 aromatic rings. The molecule has 0 saturated heterocycles. The Balaban J connectivity index is 0.000000360. The van der Waals surface area contributed by atoms with Crippen LogP contribution in [-0.2, 0) is 6.61 Å². The van der Waals surface area contributed by atoms with Crippen LogP contribution in [-0.4, -0.2) is 29.2 Å². The average Bonchev–Trinajstić information content (AvgIpc) is 2.84. The zero-order valence-corrected chi connectivity index (χ0v) is 21.9. The summed E-state index contributed by atoms with van der Waals surface area (Å²) in [6.45, 7) is 11.3. The number of aryl methyl sites for hydroxylation is 2. The Morgan fingerprint density at radius 3 is 2.43 bits per heavy atom. The molecule has 7 heteroatoms. The van der Waals surface area contributed by atoms with Gasteiger partial charge in [0.2, 0.25) is 0 Å². The summed E-state index contributed by atoms with van der Waals surface area (Å²) in [6, 6.07) is 14.7. The summed E-state index contributed by atoms with van der Waals surface area (Å²) in [5.41, 5.74) is 3.77. The van der Waals surface area contributed by atoms with E-state index in [0.717, 1.165) is 34.7 Å². The molecule has 0 bridgehead atoms. The van der Waals surface area contributed by atoms with Crippen molar-refractivity contribution in [3.63, 3.8) is 0 Å². The van der Waals surface area contributed by atoms with Crippen molar-refractivity contribution in [3.8, 4) is 11.5 Å². The molecule has 0 aliphatic rings. The number of aliphatic hydroxyl groups excluding tert-OH is 1. The van der Waals surface area contributed by atoms with Crippen LogP contribution in [0.2, 0.25) is 5.02 Å². The lowest BCUT2D eigenvalue weighted by Crippen LogP contribution is -2.14. The maximum absolute atomic E-state index is 12.6. The lowest BCUT2D eigenvalue weighted by molar-refractivity contribution is 0.102. The highest BCUT2D eigenvalue weighted by molar-refractivity contribution is 6.31. The minimum absolute atomic E-state index is 0.00694. The number of hydrogen-bond acceptors (Lipinski definition) is 5. The third-order valence-electron chi connectivity index (χ3n) is 4.87. The van der Waals surface area contributed by atoms with Crippen molar-refractivity contribution in [2.75, 3.05) is 18.5 Å². The third kappa shape index (κ3) is 9.23. The van der Waals surface area contributed by atoms with Crippen molar-refractivity contribution in [1.29, 1.82) is 0 Å². The van der Waals surface area contributed by atoms with Gasteiger partial charge in [-0.25, -0.2) is 0 Å². The topological polar surface area (TPSA) is 80.7 Å². The molecular weight excluding hydrogens is 464 g/mol.